The van der Waals surface area contributed by atoms with Crippen molar-refractivity contribution < 1.29 is 22.8 Å². The SMILES string of the molecule is CC(C)(C)N1CC(C(=O)N2CCC(c3ccc(F)cc3C3(C(=O)N4CCC4)CC3)CC2)C(c2ccc(F)cc2F)C1. The minimum absolute atomic E-state index is 0.00915. The fraction of sp³-hybridized carbons (Fsp3) is 0.576. The maximum absolute atomic E-state index is 14.9. The smallest absolute Gasteiger partial charge is 0.233 e. The van der Waals surface area contributed by atoms with E-state index in [1.807, 2.05) is 15.9 Å². The van der Waals surface area contributed by atoms with Crippen molar-refractivity contribution in [3.05, 3.63) is 70.5 Å². The Bertz CT molecular complexity index is 1340. The van der Waals surface area contributed by atoms with Crippen LogP contribution in [0.5, 0.6) is 0 Å². The molecular formula is C33H40F3N3O2. The number of carbonyl (C=O) groups is 2. The van der Waals surface area contributed by atoms with Crippen molar-refractivity contribution in [1.82, 2.24) is 14.7 Å². The van der Waals surface area contributed by atoms with E-state index >= 15 is 0 Å². The molecule has 2 aromatic rings. The van der Waals surface area contributed by atoms with E-state index < -0.39 is 23.0 Å². The molecule has 2 unspecified atom stereocenters. The lowest BCUT2D eigenvalue weighted by molar-refractivity contribution is -0.137. The van der Waals surface area contributed by atoms with Crippen molar-refractivity contribution in [3.8, 4) is 0 Å². The molecule has 1 aliphatic carbocycles. The number of piperidine rings is 1. The Morgan fingerprint density at radius 3 is 2.02 bits per heavy atom. The van der Waals surface area contributed by atoms with Crippen LogP contribution in [0.4, 0.5) is 13.2 Å². The first-order valence-corrected chi connectivity index (χ1v) is 15.1. The number of benzene rings is 2. The van der Waals surface area contributed by atoms with E-state index in [1.165, 1.54) is 18.2 Å². The van der Waals surface area contributed by atoms with E-state index in [-0.39, 0.29) is 35.0 Å². The summed E-state index contributed by atoms with van der Waals surface area (Å²) in [7, 11) is 0. The molecule has 2 amide bonds. The van der Waals surface area contributed by atoms with Gasteiger partial charge in [0.2, 0.25) is 11.8 Å². The molecule has 4 fully saturated rings. The Labute approximate surface area is 240 Å². The summed E-state index contributed by atoms with van der Waals surface area (Å²) >= 11 is 0. The maximum atomic E-state index is 14.9. The minimum Gasteiger partial charge on any atom is -0.342 e. The summed E-state index contributed by atoms with van der Waals surface area (Å²) in [4.78, 5) is 33.3. The zero-order chi connectivity index (χ0) is 29.1. The van der Waals surface area contributed by atoms with Crippen molar-refractivity contribution in [2.24, 2.45) is 5.92 Å². The van der Waals surface area contributed by atoms with Crippen LogP contribution in [-0.2, 0) is 15.0 Å². The lowest BCUT2D eigenvalue weighted by atomic mass is 9.80. The van der Waals surface area contributed by atoms with Gasteiger partial charge >= 0.3 is 0 Å². The van der Waals surface area contributed by atoms with Crippen LogP contribution < -0.4 is 0 Å². The number of nitrogens with zero attached hydrogens (tertiary/aromatic N) is 3. The van der Waals surface area contributed by atoms with Gasteiger partial charge in [-0.25, -0.2) is 13.2 Å². The fourth-order valence-electron chi connectivity index (χ4n) is 7.21. The van der Waals surface area contributed by atoms with Gasteiger partial charge in [0.05, 0.1) is 11.3 Å². The second kappa shape index (κ2) is 10.4. The number of hydrogen-bond acceptors (Lipinski definition) is 3. The molecular weight excluding hydrogens is 527 g/mol. The molecule has 4 aliphatic rings. The first-order chi connectivity index (χ1) is 19.5. The molecule has 0 bridgehead atoms. The summed E-state index contributed by atoms with van der Waals surface area (Å²) in [6, 6.07) is 8.56. The molecule has 2 atom stereocenters. The van der Waals surface area contributed by atoms with Gasteiger partial charge in [-0.1, -0.05) is 12.1 Å². The van der Waals surface area contributed by atoms with Crippen molar-refractivity contribution in [3.63, 3.8) is 0 Å². The van der Waals surface area contributed by atoms with Gasteiger partial charge in [0, 0.05) is 56.8 Å². The predicted molar refractivity (Wildman–Crippen MR) is 151 cm³/mol. The molecule has 2 aromatic carbocycles. The third-order valence-corrected chi connectivity index (χ3v) is 10.0. The highest BCUT2D eigenvalue weighted by molar-refractivity contribution is 5.92. The average molecular weight is 568 g/mol. The van der Waals surface area contributed by atoms with E-state index in [4.69, 9.17) is 0 Å². The Balaban J connectivity index is 1.20. The number of halogens is 3. The van der Waals surface area contributed by atoms with E-state index in [1.54, 1.807) is 6.07 Å². The van der Waals surface area contributed by atoms with Crippen molar-refractivity contribution >= 4 is 11.8 Å². The van der Waals surface area contributed by atoms with Crippen LogP contribution in [0.1, 0.15) is 81.4 Å². The van der Waals surface area contributed by atoms with Gasteiger partial charge in [-0.2, -0.15) is 0 Å². The number of likely N-dealkylation sites (tertiary alicyclic amines) is 3. The predicted octanol–water partition coefficient (Wildman–Crippen LogP) is 5.59. The zero-order valence-corrected chi connectivity index (χ0v) is 24.3. The number of rotatable bonds is 5. The van der Waals surface area contributed by atoms with Crippen molar-refractivity contribution in [2.45, 2.75) is 75.7 Å². The quantitative estimate of drug-likeness (QED) is 0.474. The zero-order valence-electron chi connectivity index (χ0n) is 24.3. The molecule has 0 spiro atoms. The third-order valence-electron chi connectivity index (χ3n) is 10.0. The first kappa shape index (κ1) is 28.3. The van der Waals surface area contributed by atoms with Crippen molar-refractivity contribution in [2.75, 3.05) is 39.3 Å². The molecule has 41 heavy (non-hydrogen) atoms. The number of hydrogen-bond donors (Lipinski definition) is 0. The monoisotopic (exact) mass is 567 g/mol. The summed E-state index contributed by atoms with van der Waals surface area (Å²) in [5, 5.41) is 0. The van der Waals surface area contributed by atoms with Crippen molar-refractivity contribution in [1.29, 1.82) is 0 Å². The highest BCUT2D eigenvalue weighted by Crippen LogP contribution is 2.53. The van der Waals surface area contributed by atoms with Crippen LogP contribution >= 0.6 is 0 Å². The Morgan fingerprint density at radius 1 is 0.829 bits per heavy atom. The summed E-state index contributed by atoms with van der Waals surface area (Å²) in [5.41, 5.74) is 1.47. The standard InChI is InChI=1S/C33H40F3N3O2/c1-32(2,3)39-19-26(25-8-6-23(35)18-29(25)36)27(20-39)30(40)37-15-9-21(10-16-37)24-7-5-22(34)17-28(24)33(11-12-33)31(41)38-13-4-14-38/h5-8,17-18,21,26-27H,4,9-16,19-20H2,1-3H3. The summed E-state index contributed by atoms with van der Waals surface area (Å²) in [6.45, 7) is 9.98. The summed E-state index contributed by atoms with van der Waals surface area (Å²) in [5.74, 6) is -2.04. The van der Waals surface area contributed by atoms with Gasteiger partial charge in [0.15, 0.2) is 0 Å². The van der Waals surface area contributed by atoms with Crippen LogP contribution in [0.15, 0.2) is 36.4 Å². The average Bonchev–Trinajstić information content (AvgIpc) is 3.59. The molecule has 220 valence electrons. The molecule has 0 N–H and O–H groups in total. The number of amides is 2. The van der Waals surface area contributed by atoms with Gasteiger partial charge < -0.3 is 9.80 Å². The van der Waals surface area contributed by atoms with Gasteiger partial charge in [0.25, 0.3) is 0 Å². The third kappa shape index (κ3) is 5.17. The van der Waals surface area contributed by atoms with Gasteiger partial charge in [-0.15, -0.1) is 0 Å². The topological polar surface area (TPSA) is 43.9 Å². The van der Waals surface area contributed by atoms with Gasteiger partial charge in [0.1, 0.15) is 17.5 Å². The first-order valence-electron chi connectivity index (χ1n) is 15.1. The van der Waals surface area contributed by atoms with E-state index in [0.717, 1.165) is 62.4 Å². The van der Waals surface area contributed by atoms with Crippen LogP contribution in [0.3, 0.4) is 0 Å². The number of carbonyl (C=O) groups excluding carboxylic acids is 2. The maximum Gasteiger partial charge on any atom is 0.233 e. The molecule has 6 rings (SSSR count). The molecule has 3 aliphatic heterocycles. The molecule has 8 heteroatoms. The lowest BCUT2D eigenvalue weighted by Crippen LogP contribution is -2.47. The molecule has 5 nitrogen and oxygen atoms in total. The van der Waals surface area contributed by atoms with Crippen LogP contribution in [0, 0.1) is 23.4 Å². The molecule has 3 saturated heterocycles. The second-order valence-electron chi connectivity index (χ2n) is 13.5. The normalized spacial score (nSPS) is 24.8. The van der Waals surface area contributed by atoms with Crippen LogP contribution in [0.25, 0.3) is 0 Å². The highest BCUT2D eigenvalue weighted by Gasteiger charge is 2.55. The van der Waals surface area contributed by atoms with Gasteiger partial charge in [-0.05, 0) is 93.7 Å². The van der Waals surface area contributed by atoms with E-state index in [9.17, 15) is 22.8 Å². The highest BCUT2D eigenvalue weighted by atomic mass is 19.1. The Kier molecular flexibility index (Phi) is 7.20. The lowest BCUT2D eigenvalue weighted by Gasteiger charge is -2.38. The molecule has 3 heterocycles. The Morgan fingerprint density at radius 2 is 1.46 bits per heavy atom. The van der Waals surface area contributed by atoms with Gasteiger partial charge in [-0.3, -0.25) is 14.5 Å². The fourth-order valence-corrected chi connectivity index (χ4v) is 7.21. The van der Waals surface area contributed by atoms with Crippen LogP contribution in [0.2, 0.25) is 0 Å². The Hall–Kier alpha value is -2.87. The largest absolute Gasteiger partial charge is 0.342 e. The molecule has 1 saturated carbocycles. The molecule has 0 radical (unpaired) electrons. The van der Waals surface area contributed by atoms with Crippen LogP contribution in [-0.4, -0.2) is 71.3 Å². The van der Waals surface area contributed by atoms with E-state index in [0.29, 0.717) is 31.7 Å². The van der Waals surface area contributed by atoms with E-state index in [2.05, 4.69) is 25.7 Å². The summed E-state index contributed by atoms with van der Waals surface area (Å²) < 4.78 is 43.1. The second-order valence-corrected chi connectivity index (χ2v) is 13.5. The minimum atomic E-state index is -0.624. The summed E-state index contributed by atoms with van der Waals surface area (Å²) in [6.07, 6.45) is 3.98. The molecule has 0 aromatic heterocycles.